The largest absolute Gasteiger partial charge is 0.265 e. The van der Waals surface area contributed by atoms with E-state index in [4.69, 9.17) is 4.84 Å². The number of rotatable bonds is 4. The molecule has 1 aliphatic heterocycles. The molecule has 1 heterocycles. The number of benzene rings is 5. The summed E-state index contributed by atoms with van der Waals surface area (Å²) >= 11 is 0. The topological polar surface area (TPSA) is 12.5 Å². The molecule has 0 aromatic heterocycles. The summed E-state index contributed by atoms with van der Waals surface area (Å²) in [7, 11) is 0. The van der Waals surface area contributed by atoms with Gasteiger partial charge in [-0.1, -0.05) is 109 Å². The van der Waals surface area contributed by atoms with Crippen molar-refractivity contribution in [2.24, 2.45) is 0 Å². The van der Waals surface area contributed by atoms with Gasteiger partial charge in [0.05, 0.1) is 11.7 Å². The number of hydrogen-bond donors (Lipinski definition) is 0. The minimum atomic E-state index is 0.0511. The lowest BCUT2D eigenvalue weighted by atomic mass is 9.94. The lowest BCUT2D eigenvalue weighted by Gasteiger charge is -2.26. The number of fused-ring (bicyclic) bond motifs is 2. The Morgan fingerprint density at radius 2 is 1.25 bits per heavy atom. The summed E-state index contributed by atoms with van der Waals surface area (Å²) in [6.07, 6.45) is 1.94. The van der Waals surface area contributed by atoms with Gasteiger partial charge in [-0.3, -0.25) is 4.84 Å². The lowest BCUT2D eigenvalue weighted by molar-refractivity contribution is 0.0841. The van der Waals surface area contributed by atoms with Crippen LogP contribution < -0.4 is 5.06 Å². The second-order valence-corrected chi connectivity index (χ2v) is 8.56. The Morgan fingerprint density at radius 1 is 0.625 bits per heavy atom. The molecule has 0 bridgehead atoms. The predicted octanol–water partition coefficient (Wildman–Crippen LogP) is 7.49. The predicted molar refractivity (Wildman–Crippen MR) is 133 cm³/mol. The molecule has 0 unspecified atom stereocenters. The van der Waals surface area contributed by atoms with E-state index in [1.165, 1.54) is 32.7 Å². The van der Waals surface area contributed by atoms with Crippen LogP contribution >= 0.6 is 0 Å². The van der Waals surface area contributed by atoms with E-state index in [2.05, 4.69) is 120 Å². The van der Waals surface area contributed by atoms with Crippen molar-refractivity contribution in [3.05, 3.63) is 126 Å². The maximum atomic E-state index is 6.67. The fourth-order valence-corrected chi connectivity index (χ4v) is 5.02. The van der Waals surface area contributed by atoms with E-state index in [-0.39, 0.29) is 12.1 Å². The summed E-state index contributed by atoms with van der Waals surface area (Å²) in [6, 6.07) is 41.2. The summed E-state index contributed by atoms with van der Waals surface area (Å²) in [5.41, 5.74) is 3.75. The zero-order valence-electron chi connectivity index (χ0n) is 17.9. The first-order chi connectivity index (χ1) is 15.9. The van der Waals surface area contributed by atoms with E-state index >= 15 is 0 Å². The van der Waals surface area contributed by atoms with Gasteiger partial charge in [0, 0.05) is 11.8 Å². The van der Waals surface area contributed by atoms with Crippen LogP contribution in [0.15, 0.2) is 115 Å². The second kappa shape index (κ2) is 8.14. The van der Waals surface area contributed by atoms with Crippen LogP contribution in [0.1, 0.15) is 23.7 Å². The highest BCUT2D eigenvalue weighted by atomic mass is 16.7. The standard InChI is InChI=1S/C30H25NO/c1-2-12-24(13-3-1)30-21-26(20-25-16-8-14-22-10-4-6-17-27(22)25)31(32-30)29-19-9-15-23-11-5-7-18-28(23)29/h1-19,26,30H,20-21H2/t26-,30-/m1/s1. The Labute approximate surface area is 188 Å². The first kappa shape index (κ1) is 19.1. The van der Waals surface area contributed by atoms with Crippen molar-refractivity contribution in [3.63, 3.8) is 0 Å². The monoisotopic (exact) mass is 415 g/mol. The van der Waals surface area contributed by atoms with Crippen LogP contribution in [0.5, 0.6) is 0 Å². The smallest absolute Gasteiger partial charge is 0.113 e. The van der Waals surface area contributed by atoms with Crippen LogP contribution in [0.25, 0.3) is 21.5 Å². The molecule has 0 amide bonds. The van der Waals surface area contributed by atoms with E-state index in [0.29, 0.717) is 0 Å². The van der Waals surface area contributed by atoms with Crippen LogP contribution in [0.3, 0.4) is 0 Å². The number of nitrogens with zero attached hydrogens (tertiary/aromatic N) is 1. The third-order valence-electron chi connectivity index (χ3n) is 6.57. The average molecular weight is 416 g/mol. The minimum Gasteiger partial charge on any atom is -0.265 e. The number of hydroxylamine groups is 1. The highest BCUT2D eigenvalue weighted by Gasteiger charge is 2.35. The molecule has 156 valence electrons. The summed E-state index contributed by atoms with van der Waals surface area (Å²) in [5, 5.41) is 7.27. The van der Waals surface area contributed by atoms with Crippen molar-refractivity contribution in [3.8, 4) is 0 Å². The highest BCUT2D eigenvalue weighted by Crippen LogP contribution is 2.41. The molecule has 0 N–H and O–H groups in total. The van der Waals surface area contributed by atoms with Crippen LogP contribution in [0.2, 0.25) is 0 Å². The Bertz CT molecular complexity index is 1370. The number of anilines is 1. The van der Waals surface area contributed by atoms with Crippen LogP contribution in [0, 0.1) is 0 Å². The molecular formula is C30H25NO. The van der Waals surface area contributed by atoms with E-state index in [1.807, 2.05) is 0 Å². The van der Waals surface area contributed by atoms with Crippen molar-refractivity contribution in [1.82, 2.24) is 0 Å². The molecule has 0 saturated carbocycles. The van der Waals surface area contributed by atoms with Crippen molar-refractivity contribution >= 4 is 27.2 Å². The summed E-state index contributed by atoms with van der Waals surface area (Å²) in [5.74, 6) is 0. The molecule has 5 aromatic carbocycles. The molecule has 5 aromatic rings. The van der Waals surface area contributed by atoms with Crippen LogP contribution in [-0.2, 0) is 11.3 Å². The maximum Gasteiger partial charge on any atom is 0.113 e. The molecule has 0 radical (unpaired) electrons. The maximum absolute atomic E-state index is 6.67. The van der Waals surface area contributed by atoms with Gasteiger partial charge in [-0.2, -0.15) is 0 Å². The average Bonchev–Trinajstić information content (AvgIpc) is 3.28. The van der Waals surface area contributed by atoms with Crippen molar-refractivity contribution in [2.45, 2.75) is 25.0 Å². The van der Waals surface area contributed by atoms with Gasteiger partial charge in [0.25, 0.3) is 0 Å². The molecule has 1 fully saturated rings. The number of hydrogen-bond acceptors (Lipinski definition) is 2. The minimum absolute atomic E-state index is 0.0511. The van der Waals surface area contributed by atoms with Gasteiger partial charge in [-0.15, -0.1) is 0 Å². The molecule has 0 aliphatic carbocycles. The SMILES string of the molecule is c1ccc([C@H]2C[C@@H](Cc3cccc4ccccc34)N(c3cccc4ccccc34)O2)cc1. The Hall–Kier alpha value is -3.62. The Balaban J connectivity index is 1.43. The molecule has 2 nitrogen and oxygen atoms in total. The van der Waals surface area contributed by atoms with Gasteiger partial charge in [0.1, 0.15) is 6.10 Å². The molecule has 6 rings (SSSR count). The van der Waals surface area contributed by atoms with E-state index in [0.717, 1.165) is 18.5 Å². The first-order valence-electron chi connectivity index (χ1n) is 11.3. The first-order valence-corrected chi connectivity index (χ1v) is 11.3. The summed E-state index contributed by atoms with van der Waals surface area (Å²) in [4.78, 5) is 6.67. The van der Waals surface area contributed by atoms with Crippen molar-refractivity contribution in [2.75, 3.05) is 5.06 Å². The molecule has 2 atom stereocenters. The zero-order chi connectivity index (χ0) is 21.3. The van der Waals surface area contributed by atoms with E-state index in [9.17, 15) is 0 Å². The van der Waals surface area contributed by atoms with Crippen molar-refractivity contribution in [1.29, 1.82) is 0 Å². The molecule has 1 aliphatic rings. The molecule has 0 spiro atoms. The highest BCUT2D eigenvalue weighted by molar-refractivity contribution is 5.94. The normalized spacial score (nSPS) is 18.4. The fourth-order valence-electron chi connectivity index (χ4n) is 5.02. The van der Waals surface area contributed by atoms with Gasteiger partial charge in [0.15, 0.2) is 0 Å². The van der Waals surface area contributed by atoms with Gasteiger partial charge in [-0.25, -0.2) is 5.06 Å². The molecule has 1 saturated heterocycles. The summed E-state index contributed by atoms with van der Waals surface area (Å²) in [6.45, 7) is 0. The Morgan fingerprint density at radius 3 is 2.06 bits per heavy atom. The zero-order valence-corrected chi connectivity index (χ0v) is 17.9. The Kier molecular flexibility index (Phi) is 4.86. The third-order valence-corrected chi connectivity index (χ3v) is 6.57. The fraction of sp³-hybridized carbons (Fsp3) is 0.133. The van der Waals surface area contributed by atoms with Gasteiger partial charge < -0.3 is 0 Å². The van der Waals surface area contributed by atoms with Gasteiger partial charge in [-0.05, 0) is 39.8 Å². The quantitative estimate of drug-likeness (QED) is 0.301. The molecular weight excluding hydrogens is 390 g/mol. The van der Waals surface area contributed by atoms with Crippen LogP contribution in [-0.4, -0.2) is 6.04 Å². The lowest BCUT2D eigenvalue weighted by Crippen LogP contribution is -2.30. The molecule has 32 heavy (non-hydrogen) atoms. The van der Waals surface area contributed by atoms with E-state index < -0.39 is 0 Å². The van der Waals surface area contributed by atoms with Gasteiger partial charge in [0.2, 0.25) is 0 Å². The summed E-state index contributed by atoms with van der Waals surface area (Å²) < 4.78 is 0. The second-order valence-electron chi connectivity index (χ2n) is 8.56. The van der Waals surface area contributed by atoms with E-state index in [1.54, 1.807) is 0 Å². The van der Waals surface area contributed by atoms with Crippen molar-refractivity contribution < 1.29 is 4.84 Å². The van der Waals surface area contributed by atoms with Crippen LogP contribution in [0.4, 0.5) is 5.69 Å². The van der Waals surface area contributed by atoms with Gasteiger partial charge >= 0.3 is 0 Å². The molecule has 2 heteroatoms. The third kappa shape index (κ3) is 3.43.